The average molecular weight is 279 g/mol. The molecule has 0 bridgehead atoms. The normalized spacial score (nSPS) is 9.62. The van der Waals surface area contributed by atoms with E-state index in [9.17, 15) is 0 Å². The number of nitriles is 1. The van der Waals surface area contributed by atoms with Crippen molar-refractivity contribution in [3.63, 3.8) is 0 Å². The molecule has 21 heavy (non-hydrogen) atoms. The van der Waals surface area contributed by atoms with Crippen molar-refractivity contribution in [2.75, 3.05) is 0 Å². The standard InChI is InChI=1S/C18H19N.C2H6/c1-11-6-14(4)18(15(5)7-11)16-8-12(2)17(10-19)13(3)9-16;1-2/h6-9H,1-5H3;1-2H3. The molecule has 0 unspecified atom stereocenters. The zero-order valence-corrected chi connectivity index (χ0v) is 14.3. The number of rotatable bonds is 1. The number of hydrogen-bond donors (Lipinski definition) is 0. The van der Waals surface area contributed by atoms with Crippen LogP contribution in [0.25, 0.3) is 11.1 Å². The van der Waals surface area contributed by atoms with Crippen LogP contribution in [0.3, 0.4) is 0 Å². The summed E-state index contributed by atoms with van der Waals surface area (Å²) in [5.74, 6) is 0. The smallest absolute Gasteiger partial charge is 0.0997 e. The summed E-state index contributed by atoms with van der Waals surface area (Å²) >= 11 is 0. The molecule has 2 aromatic carbocycles. The number of benzene rings is 2. The maximum absolute atomic E-state index is 9.16. The van der Waals surface area contributed by atoms with Crippen LogP contribution in [0, 0.1) is 45.9 Å². The molecule has 0 spiro atoms. The van der Waals surface area contributed by atoms with Crippen molar-refractivity contribution in [2.24, 2.45) is 0 Å². The van der Waals surface area contributed by atoms with Crippen molar-refractivity contribution < 1.29 is 0 Å². The summed E-state index contributed by atoms with van der Waals surface area (Å²) in [7, 11) is 0. The molecule has 0 amide bonds. The van der Waals surface area contributed by atoms with Gasteiger partial charge < -0.3 is 0 Å². The maximum atomic E-state index is 9.16. The molecule has 110 valence electrons. The SMILES string of the molecule is CC.Cc1cc(C)c(-c2cc(C)c(C#N)c(C)c2)c(C)c1. The highest BCUT2D eigenvalue weighted by atomic mass is 14.3. The van der Waals surface area contributed by atoms with Gasteiger partial charge >= 0.3 is 0 Å². The lowest BCUT2D eigenvalue weighted by Gasteiger charge is -2.14. The van der Waals surface area contributed by atoms with Gasteiger partial charge in [0.2, 0.25) is 0 Å². The van der Waals surface area contributed by atoms with Crippen LogP contribution in [0.4, 0.5) is 0 Å². The van der Waals surface area contributed by atoms with Gasteiger partial charge in [0.05, 0.1) is 11.6 Å². The maximum Gasteiger partial charge on any atom is 0.0997 e. The van der Waals surface area contributed by atoms with Gasteiger partial charge in [-0.3, -0.25) is 0 Å². The minimum Gasteiger partial charge on any atom is -0.192 e. The second-order valence-electron chi connectivity index (χ2n) is 5.37. The summed E-state index contributed by atoms with van der Waals surface area (Å²) in [6.07, 6.45) is 0. The first-order valence-electron chi connectivity index (χ1n) is 7.53. The van der Waals surface area contributed by atoms with E-state index in [1.165, 1.54) is 27.8 Å². The highest BCUT2D eigenvalue weighted by molar-refractivity contribution is 5.73. The van der Waals surface area contributed by atoms with E-state index < -0.39 is 0 Å². The van der Waals surface area contributed by atoms with E-state index in [1.54, 1.807) is 0 Å². The summed E-state index contributed by atoms with van der Waals surface area (Å²) in [6.45, 7) is 14.4. The van der Waals surface area contributed by atoms with E-state index in [4.69, 9.17) is 5.26 Å². The zero-order valence-electron chi connectivity index (χ0n) is 14.3. The van der Waals surface area contributed by atoms with Crippen LogP contribution in [-0.4, -0.2) is 0 Å². The number of hydrogen-bond acceptors (Lipinski definition) is 1. The van der Waals surface area contributed by atoms with Crippen molar-refractivity contribution in [2.45, 2.75) is 48.5 Å². The van der Waals surface area contributed by atoms with Gasteiger partial charge in [-0.2, -0.15) is 5.26 Å². The van der Waals surface area contributed by atoms with Gasteiger partial charge in [-0.25, -0.2) is 0 Å². The van der Waals surface area contributed by atoms with Crippen LogP contribution in [0.1, 0.15) is 47.2 Å². The largest absolute Gasteiger partial charge is 0.192 e. The predicted molar refractivity (Wildman–Crippen MR) is 91.6 cm³/mol. The van der Waals surface area contributed by atoms with Crippen molar-refractivity contribution in [1.29, 1.82) is 5.26 Å². The lowest BCUT2D eigenvalue weighted by molar-refractivity contribution is 1.29. The molecule has 0 aromatic heterocycles. The Morgan fingerprint density at radius 2 is 1.14 bits per heavy atom. The van der Waals surface area contributed by atoms with Gasteiger partial charge in [-0.1, -0.05) is 43.7 Å². The van der Waals surface area contributed by atoms with E-state index in [0.29, 0.717) is 0 Å². The van der Waals surface area contributed by atoms with Crippen LogP contribution in [0.2, 0.25) is 0 Å². The molecule has 0 N–H and O–H groups in total. The van der Waals surface area contributed by atoms with Crippen LogP contribution >= 0.6 is 0 Å². The first-order valence-corrected chi connectivity index (χ1v) is 7.53. The summed E-state index contributed by atoms with van der Waals surface area (Å²) in [6, 6.07) is 11.0. The Morgan fingerprint density at radius 1 is 0.714 bits per heavy atom. The molecule has 1 heteroatoms. The molecule has 0 atom stereocenters. The summed E-state index contributed by atoms with van der Waals surface area (Å²) in [4.78, 5) is 0. The van der Waals surface area contributed by atoms with Gasteiger partial charge in [-0.15, -0.1) is 0 Å². The van der Waals surface area contributed by atoms with Crippen molar-refractivity contribution in [1.82, 2.24) is 0 Å². The Bertz CT molecular complexity index is 641. The second kappa shape index (κ2) is 7.09. The summed E-state index contributed by atoms with van der Waals surface area (Å²) < 4.78 is 0. The zero-order chi connectivity index (χ0) is 16.2. The highest BCUT2D eigenvalue weighted by Crippen LogP contribution is 2.31. The third kappa shape index (κ3) is 3.52. The molecule has 0 saturated carbocycles. The lowest BCUT2D eigenvalue weighted by Crippen LogP contribution is -1.94. The fraction of sp³-hybridized carbons (Fsp3) is 0.350. The fourth-order valence-corrected chi connectivity index (χ4v) is 2.92. The monoisotopic (exact) mass is 279 g/mol. The van der Waals surface area contributed by atoms with Gasteiger partial charge in [-0.05, 0) is 68.0 Å². The fourth-order valence-electron chi connectivity index (χ4n) is 2.92. The van der Waals surface area contributed by atoms with Crippen molar-refractivity contribution >= 4 is 0 Å². The molecular formula is C20H25N. The topological polar surface area (TPSA) is 23.8 Å². The van der Waals surface area contributed by atoms with Gasteiger partial charge in [0.25, 0.3) is 0 Å². The number of nitrogens with zero attached hydrogens (tertiary/aromatic N) is 1. The van der Waals surface area contributed by atoms with E-state index >= 15 is 0 Å². The molecule has 1 nitrogen and oxygen atoms in total. The van der Waals surface area contributed by atoms with Gasteiger partial charge in [0.1, 0.15) is 0 Å². The summed E-state index contributed by atoms with van der Waals surface area (Å²) in [5, 5.41) is 9.16. The molecule has 0 aliphatic heterocycles. The van der Waals surface area contributed by atoms with E-state index in [0.717, 1.165) is 16.7 Å². The van der Waals surface area contributed by atoms with Crippen molar-refractivity contribution in [3.8, 4) is 17.2 Å². The number of aryl methyl sites for hydroxylation is 5. The van der Waals surface area contributed by atoms with Gasteiger partial charge in [0.15, 0.2) is 0 Å². The first kappa shape index (κ1) is 17.0. The minimum atomic E-state index is 0.797. The molecule has 0 aliphatic carbocycles. The van der Waals surface area contributed by atoms with Gasteiger partial charge in [0, 0.05) is 0 Å². The Balaban J connectivity index is 0.00000106. The van der Waals surface area contributed by atoms with Crippen LogP contribution in [-0.2, 0) is 0 Å². The van der Waals surface area contributed by atoms with Crippen LogP contribution in [0.15, 0.2) is 24.3 Å². The van der Waals surface area contributed by atoms with Crippen molar-refractivity contribution in [3.05, 3.63) is 57.6 Å². The van der Waals surface area contributed by atoms with E-state index in [2.05, 4.69) is 51.1 Å². The molecule has 0 radical (unpaired) electrons. The molecular weight excluding hydrogens is 254 g/mol. The Hall–Kier alpha value is -2.07. The minimum absolute atomic E-state index is 0.797. The van der Waals surface area contributed by atoms with E-state index in [1.807, 2.05) is 27.7 Å². The van der Waals surface area contributed by atoms with E-state index in [-0.39, 0.29) is 0 Å². The third-order valence-corrected chi connectivity index (χ3v) is 3.61. The Kier molecular flexibility index (Phi) is 5.73. The van der Waals surface area contributed by atoms with Crippen LogP contribution < -0.4 is 0 Å². The third-order valence-electron chi connectivity index (χ3n) is 3.61. The molecule has 2 aromatic rings. The Morgan fingerprint density at radius 3 is 1.52 bits per heavy atom. The average Bonchev–Trinajstić information content (AvgIpc) is 2.39. The molecule has 0 saturated heterocycles. The molecule has 0 aliphatic rings. The second-order valence-corrected chi connectivity index (χ2v) is 5.37. The first-order chi connectivity index (χ1) is 9.93. The molecule has 0 fully saturated rings. The molecule has 2 rings (SSSR count). The van der Waals surface area contributed by atoms with Crippen LogP contribution in [0.5, 0.6) is 0 Å². The quantitative estimate of drug-likeness (QED) is 0.647. The Labute approximate surface area is 129 Å². The predicted octanol–water partition coefficient (Wildman–Crippen LogP) is 5.79. The summed E-state index contributed by atoms with van der Waals surface area (Å²) in [5.41, 5.74) is 9.29. The lowest BCUT2D eigenvalue weighted by atomic mass is 9.90. The molecule has 0 heterocycles. The highest BCUT2D eigenvalue weighted by Gasteiger charge is 2.10.